The number of piperazine rings is 1. The summed E-state index contributed by atoms with van der Waals surface area (Å²) in [7, 11) is 2.08. The van der Waals surface area contributed by atoms with Crippen molar-refractivity contribution in [2.75, 3.05) is 45.1 Å². The first-order valence-electron chi connectivity index (χ1n) is 9.14. The van der Waals surface area contributed by atoms with Crippen LogP contribution in [0.5, 0.6) is 0 Å². The van der Waals surface area contributed by atoms with Crippen LogP contribution in [-0.4, -0.2) is 70.4 Å². The van der Waals surface area contributed by atoms with Crippen molar-refractivity contribution < 1.29 is 9.18 Å². The molecular weight excluding hydrogens is 359 g/mol. The van der Waals surface area contributed by atoms with Crippen LogP contribution >= 0.6 is 0 Å². The lowest BCUT2D eigenvalue weighted by Gasteiger charge is -2.31. The molecule has 3 aromatic heterocycles. The van der Waals surface area contributed by atoms with Crippen LogP contribution in [-0.2, 0) is 4.79 Å². The van der Waals surface area contributed by atoms with Crippen LogP contribution in [0.3, 0.4) is 0 Å². The Balaban J connectivity index is 1.49. The molecule has 4 rings (SSSR count). The summed E-state index contributed by atoms with van der Waals surface area (Å²) < 4.78 is 13.4. The zero-order valence-electron chi connectivity index (χ0n) is 15.6. The highest BCUT2D eigenvalue weighted by atomic mass is 19.1. The summed E-state index contributed by atoms with van der Waals surface area (Å²) in [6.07, 6.45) is 6.07. The van der Waals surface area contributed by atoms with Gasteiger partial charge < -0.3 is 10.2 Å². The molecule has 144 valence electrons. The second-order valence-corrected chi connectivity index (χ2v) is 7.01. The summed E-state index contributed by atoms with van der Waals surface area (Å²) in [5, 5.41) is 4.56. The molecule has 28 heavy (non-hydrogen) atoms. The van der Waals surface area contributed by atoms with Crippen LogP contribution in [0.25, 0.3) is 22.0 Å². The third-order valence-electron chi connectivity index (χ3n) is 4.83. The lowest BCUT2D eigenvalue weighted by Crippen LogP contribution is -2.47. The Labute approximate surface area is 162 Å². The van der Waals surface area contributed by atoms with E-state index in [-0.39, 0.29) is 5.91 Å². The first-order chi connectivity index (χ1) is 13.6. The average Bonchev–Trinajstić information content (AvgIpc) is 2.69. The van der Waals surface area contributed by atoms with E-state index in [4.69, 9.17) is 0 Å². The Morgan fingerprint density at radius 2 is 1.82 bits per heavy atom. The van der Waals surface area contributed by atoms with Gasteiger partial charge in [-0.2, -0.15) is 0 Å². The van der Waals surface area contributed by atoms with E-state index < -0.39 is 5.82 Å². The quantitative estimate of drug-likeness (QED) is 0.747. The Morgan fingerprint density at radius 1 is 1.04 bits per heavy atom. The molecule has 0 spiro atoms. The summed E-state index contributed by atoms with van der Waals surface area (Å²) >= 11 is 0. The van der Waals surface area contributed by atoms with Crippen LogP contribution in [0, 0.1) is 5.82 Å². The topological polar surface area (TPSA) is 74.2 Å². The minimum Gasteiger partial charge on any atom is -0.310 e. The number of pyridine rings is 3. The molecule has 1 aliphatic rings. The van der Waals surface area contributed by atoms with E-state index in [2.05, 4.69) is 37.1 Å². The third-order valence-corrected chi connectivity index (χ3v) is 4.83. The summed E-state index contributed by atoms with van der Waals surface area (Å²) in [5.41, 5.74) is 1.21. The van der Waals surface area contributed by atoms with Crippen LogP contribution < -0.4 is 5.32 Å². The molecule has 0 atom stereocenters. The number of carbonyl (C=O) groups excluding carboxylic acids is 1. The molecule has 1 saturated heterocycles. The van der Waals surface area contributed by atoms with Gasteiger partial charge in [-0.05, 0) is 30.6 Å². The van der Waals surface area contributed by atoms with Crippen molar-refractivity contribution in [2.45, 2.75) is 0 Å². The van der Waals surface area contributed by atoms with E-state index >= 15 is 0 Å². The van der Waals surface area contributed by atoms with Gasteiger partial charge in [0, 0.05) is 55.7 Å². The maximum atomic E-state index is 13.4. The smallest absolute Gasteiger partial charge is 0.239 e. The second-order valence-electron chi connectivity index (χ2n) is 7.01. The Bertz CT molecular complexity index is 1000. The number of amides is 1. The molecule has 1 fully saturated rings. The van der Waals surface area contributed by atoms with Gasteiger partial charge in [-0.25, -0.2) is 9.37 Å². The number of nitrogens with zero attached hydrogens (tertiary/aromatic N) is 5. The van der Waals surface area contributed by atoms with E-state index in [9.17, 15) is 9.18 Å². The van der Waals surface area contributed by atoms with Gasteiger partial charge in [-0.1, -0.05) is 0 Å². The number of aromatic nitrogens is 3. The van der Waals surface area contributed by atoms with E-state index in [1.54, 1.807) is 24.7 Å². The minimum atomic E-state index is -0.411. The van der Waals surface area contributed by atoms with Gasteiger partial charge in [0.1, 0.15) is 11.6 Å². The van der Waals surface area contributed by atoms with Crippen molar-refractivity contribution in [3.05, 3.63) is 48.8 Å². The Morgan fingerprint density at radius 3 is 2.61 bits per heavy atom. The SMILES string of the molecule is CN1CCN(CC(=O)Nc2cc3cc(-c4cncc(F)c4)ncc3cn2)CC1. The molecule has 0 saturated carbocycles. The monoisotopic (exact) mass is 380 g/mol. The number of carbonyl (C=O) groups is 1. The van der Waals surface area contributed by atoms with Gasteiger partial charge in [0.2, 0.25) is 5.91 Å². The molecule has 7 nitrogen and oxygen atoms in total. The molecule has 0 aromatic carbocycles. The lowest BCUT2D eigenvalue weighted by atomic mass is 10.1. The predicted octanol–water partition coefficient (Wildman–Crippen LogP) is 2.02. The van der Waals surface area contributed by atoms with E-state index in [1.807, 2.05) is 6.07 Å². The highest BCUT2D eigenvalue weighted by Crippen LogP contribution is 2.23. The fourth-order valence-corrected chi connectivity index (χ4v) is 3.21. The Hall–Kier alpha value is -2.97. The van der Waals surface area contributed by atoms with Crippen molar-refractivity contribution in [3.63, 3.8) is 0 Å². The molecule has 0 aliphatic carbocycles. The maximum Gasteiger partial charge on any atom is 0.239 e. The number of hydrogen-bond donors (Lipinski definition) is 1. The summed E-state index contributed by atoms with van der Waals surface area (Å²) in [4.78, 5) is 29.2. The fraction of sp³-hybridized carbons (Fsp3) is 0.300. The molecule has 3 aromatic rings. The molecule has 1 N–H and O–H groups in total. The van der Waals surface area contributed by atoms with Crippen LogP contribution in [0.2, 0.25) is 0 Å². The predicted molar refractivity (Wildman–Crippen MR) is 105 cm³/mol. The highest BCUT2D eigenvalue weighted by Gasteiger charge is 2.17. The van der Waals surface area contributed by atoms with Crippen molar-refractivity contribution in [3.8, 4) is 11.3 Å². The number of likely N-dealkylation sites (N-methyl/N-ethyl adjacent to an activating group) is 1. The largest absolute Gasteiger partial charge is 0.310 e. The van der Waals surface area contributed by atoms with E-state index in [0.717, 1.165) is 43.1 Å². The fourth-order valence-electron chi connectivity index (χ4n) is 3.21. The number of hydrogen-bond acceptors (Lipinski definition) is 6. The molecule has 0 unspecified atom stereocenters. The highest BCUT2D eigenvalue weighted by molar-refractivity contribution is 5.94. The maximum absolute atomic E-state index is 13.4. The normalized spacial score (nSPS) is 15.6. The standard InChI is InChI=1S/C20H21FN6O/c1-26-2-4-27(5-3-26)13-20(28)25-19-8-14-7-18(23-10-16(14)11-24-19)15-6-17(21)12-22-9-15/h6-12H,2-5,13H2,1H3,(H,24,25,28). The first kappa shape index (κ1) is 18.4. The minimum absolute atomic E-state index is 0.0833. The molecule has 4 heterocycles. The van der Waals surface area contributed by atoms with Crippen LogP contribution in [0.1, 0.15) is 0 Å². The number of halogens is 1. The zero-order chi connectivity index (χ0) is 19.5. The molecular formula is C20H21FN6O. The number of fused-ring (bicyclic) bond motifs is 1. The van der Waals surface area contributed by atoms with Crippen LogP contribution in [0.4, 0.5) is 10.2 Å². The third kappa shape index (κ3) is 4.29. The zero-order valence-corrected chi connectivity index (χ0v) is 15.6. The molecule has 1 aliphatic heterocycles. The van der Waals surface area contributed by atoms with Crippen molar-refractivity contribution in [2.24, 2.45) is 0 Å². The summed E-state index contributed by atoms with van der Waals surface area (Å²) in [6.45, 7) is 4.04. The molecule has 8 heteroatoms. The van der Waals surface area contributed by atoms with Gasteiger partial charge in [-0.3, -0.25) is 19.7 Å². The van der Waals surface area contributed by atoms with Crippen molar-refractivity contribution in [1.82, 2.24) is 24.8 Å². The molecule has 0 bridgehead atoms. The van der Waals surface area contributed by atoms with Gasteiger partial charge in [0.15, 0.2) is 0 Å². The molecule has 1 amide bonds. The molecule has 0 radical (unpaired) electrons. The van der Waals surface area contributed by atoms with Gasteiger partial charge in [0.25, 0.3) is 0 Å². The average molecular weight is 380 g/mol. The Kier molecular flexibility index (Phi) is 5.23. The van der Waals surface area contributed by atoms with E-state index in [1.165, 1.54) is 6.07 Å². The van der Waals surface area contributed by atoms with E-state index in [0.29, 0.717) is 23.6 Å². The van der Waals surface area contributed by atoms with Gasteiger partial charge in [-0.15, -0.1) is 0 Å². The number of nitrogens with one attached hydrogen (secondary N) is 1. The van der Waals surface area contributed by atoms with Gasteiger partial charge >= 0.3 is 0 Å². The van der Waals surface area contributed by atoms with Crippen LogP contribution in [0.15, 0.2) is 43.0 Å². The van der Waals surface area contributed by atoms with Crippen molar-refractivity contribution >= 4 is 22.5 Å². The number of rotatable bonds is 4. The summed E-state index contributed by atoms with van der Waals surface area (Å²) in [6, 6.07) is 5.03. The second kappa shape index (κ2) is 7.95. The van der Waals surface area contributed by atoms with Crippen molar-refractivity contribution in [1.29, 1.82) is 0 Å². The summed E-state index contributed by atoms with van der Waals surface area (Å²) in [5.74, 6) is -0.00728. The van der Waals surface area contributed by atoms with Gasteiger partial charge in [0.05, 0.1) is 18.4 Å². The number of anilines is 1. The lowest BCUT2D eigenvalue weighted by molar-refractivity contribution is -0.117. The first-order valence-corrected chi connectivity index (χ1v) is 9.14.